The number of hydrogen-bond donors (Lipinski definition) is 2. The molecule has 0 spiro atoms. The van der Waals surface area contributed by atoms with Crippen LogP contribution in [0.2, 0.25) is 0 Å². The van der Waals surface area contributed by atoms with Crippen LogP contribution < -0.4 is 20.1 Å². The Bertz CT molecular complexity index is 1320. The van der Waals surface area contributed by atoms with Gasteiger partial charge in [0, 0.05) is 40.2 Å². The van der Waals surface area contributed by atoms with Crippen LogP contribution >= 0.6 is 0 Å². The second-order valence-corrected chi connectivity index (χ2v) is 10.0. The summed E-state index contributed by atoms with van der Waals surface area (Å²) in [5, 5.41) is 5.85. The van der Waals surface area contributed by atoms with Gasteiger partial charge in [-0.3, -0.25) is 9.59 Å². The molecule has 2 aromatic carbocycles. The SMILES string of the molecule is COc1cccc(C2C(C(=O)Nc3cccc(C(F)(F)F)c3)=C(C)NC3=C2C(=O)CC(C)(C)C3)c1OC. The number of ketones is 1. The van der Waals surface area contributed by atoms with Crippen molar-refractivity contribution >= 4 is 17.4 Å². The van der Waals surface area contributed by atoms with Crippen LogP contribution in [0, 0.1) is 5.41 Å². The van der Waals surface area contributed by atoms with Crippen molar-refractivity contribution in [3.63, 3.8) is 0 Å². The Balaban J connectivity index is 1.85. The van der Waals surface area contributed by atoms with Gasteiger partial charge in [-0.25, -0.2) is 0 Å². The van der Waals surface area contributed by atoms with Gasteiger partial charge in [-0.05, 0) is 43.0 Å². The molecule has 6 nitrogen and oxygen atoms in total. The van der Waals surface area contributed by atoms with E-state index in [2.05, 4.69) is 10.6 Å². The summed E-state index contributed by atoms with van der Waals surface area (Å²) in [6.45, 7) is 5.73. The highest BCUT2D eigenvalue weighted by molar-refractivity contribution is 6.10. The second-order valence-electron chi connectivity index (χ2n) is 10.0. The first-order valence-electron chi connectivity index (χ1n) is 11.8. The van der Waals surface area contributed by atoms with E-state index in [1.807, 2.05) is 13.8 Å². The van der Waals surface area contributed by atoms with E-state index in [0.717, 1.165) is 17.8 Å². The summed E-state index contributed by atoms with van der Waals surface area (Å²) in [4.78, 5) is 27.2. The lowest BCUT2D eigenvalue weighted by Crippen LogP contribution is -2.39. The zero-order valence-electron chi connectivity index (χ0n) is 21.3. The van der Waals surface area contributed by atoms with Crippen LogP contribution in [0.25, 0.3) is 0 Å². The number of para-hydroxylation sites is 1. The number of benzene rings is 2. The Morgan fingerprint density at radius 1 is 1.08 bits per heavy atom. The number of carbonyl (C=O) groups excluding carboxylic acids is 2. The summed E-state index contributed by atoms with van der Waals surface area (Å²) in [6.07, 6.45) is -3.67. The molecule has 0 saturated carbocycles. The van der Waals surface area contributed by atoms with Crippen LogP contribution in [-0.4, -0.2) is 25.9 Å². The summed E-state index contributed by atoms with van der Waals surface area (Å²) >= 11 is 0. The van der Waals surface area contributed by atoms with Crippen molar-refractivity contribution in [1.82, 2.24) is 5.32 Å². The fourth-order valence-corrected chi connectivity index (χ4v) is 5.16. The molecule has 196 valence electrons. The number of methoxy groups -OCH3 is 2. The average molecular weight is 515 g/mol. The third-order valence-electron chi connectivity index (χ3n) is 6.68. The number of halogens is 3. The molecule has 37 heavy (non-hydrogen) atoms. The van der Waals surface area contributed by atoms with Gasteiger partial charge in [0.15, 0.2) is 17.3 Å². The Morgan fingerprint density at radius 3 is 2.43 bits per heavy atom. The molecular formula is C28H29F3N2O4. The van der Waals surface area contributed by atoms with Gasteiger partial charge >= 0.3 is 6.18 Å². The first kappa shape index (κ1) is 26.3. The van der Waals surface area contributed by atoms with Crippen molar-refractivity contribution in [2.45, 2.75) is 45.7 Å². The van der Waals surface area contributed by atoms with Crippen molar-refractivity contribution in [2.75, 3.05) is 19.5 Å². The van der Waals surface area contributed by atoms with Crippen molar-refractivity contribution in [3.05, 3.63) is 76.1 Å². The molecule has 0 saturated heterocycles. The number of carbonyl (C=O) groups is 2. The molecule has 9 heteroatoms. The van der Waals surface area contributed by atoms with E-state index in [1.54, 1.807) is 25.1 Å². The van der Waals surface area contributed by atoms with Crippen molar-refractivity contribution in [3.8, 4) is 11.5 Å². The lowest BCUT2D eigenvalue weighted by atomic mass is 9.68. The molecule has 1 atom stereocenters. The number of alkyl halides is 3. The molecule has 2 aromatic rings. The highest BCUT2D eigenvalue weighted by Crippen LogP contribution is 2.50. The highest BCUT2D eigenvalue weighted by Gasteiger charge is 2.44. The van der Waals surface area contributed by atoms with Crippen LogP contribution in [0.1, 0.15) is 50.7 Å². The van der Waals surface area contributed by atoms with Crippen LogP contribution in [0.5, 0.6) is 11.5 Å². The van der Waals surface area contributed by atoms with E-state index in [1.165, 1.54) is 26.4 Å². The molecule has 4 rings (SSSR count). The molecule has 1 heterocycles. The monoisotopic (exact) mass is 514 g/mol. The zero-order chi connectivity index (χ0) is 27.1. The molecule has 1 amide bonds. The van der Waals surface area contributed by atoms with Crippen LogP contribution in [0.3, 0.4) is 0 Å². The molecule has 2 N–H and O–H groups in total. The maximum atomic E-state index is 13.7. The first-order valence-corrected chi connectivity index (χ1v) is 11.8. The molecule has 0 aromatic heterocycles. The van der Waals surface area contributed by atoms with E-state index < -0.39 is 23.6 Å². The van der Waals surface area contributed by atoms with Gasteiger partial charge < -0.3 is 20.1 Å². The van der Waals surface area contributed by atoms with Gasteiger partial charge in [-0.2, -0.15) is 13.2 Å². The van der Waals surface area contributed by atoms with Gasteiger partial charge in [0.2, 0.25) is 0 Å². The molecule has 1 aliphatic heterocycles. The molecule has 2 aliphatic rings. The minimum absolute atomic E-state index is 0.00707. The first-order chi connectivity index (χ1) is 17.4. The number of hydrogen-bond acceptors (Lipinski definition) is 5. The van der Waals surface area contributed by atoms with Crippen molar-refractivity contribution in [1.29, 1.82) is 0 Å². The predicted octanol–water partition coefficient (Wildman–Crippen LogP) is 5.97. The van der Waals surface area contributed by atoms with Crippen molar-refractivity contribution < 1.29 is 32.2 Å². The topological polar surface area (TPSA) is 76.7 Å². The van der Waals surface area contributed by atoms with E-state index in [0.29, 0.717) is 34.8 Å². The summed E-state index contributed by atoms with van der Waals surface area (Å²) in [5.41, 5.74) is 1.29. The maximum Gasteiger partial charge on any atom is 0.416 e. The number of anilines is 1. The zero-order valence-corrected chi connectivity index (χ0v) is 21.3. The lowest BCUT2D eigenvalue weighted by Gasteiger charge is -2.40. The second kappa shape index (κ2) is 9.61. The Kier molecular flexibility index (Phi) is 6.83. The highest BCUT2D eigenvalue weighted by atomic mass is 19.4. The molecule has 0 radical (unpaired) electrons. The predicted molar refractivity (Wildman–Crippen MR) is 133 cm³/mol. The molecule has 0 bridgehead atoms. The quantitative estimate of drug-likeness (QED) is 0.515. The fraction of sp³-hybridized carbons (Fsp3) is 0.357. The largest absolute Gasteiger partial charge is 0.493 e. The van der Waals surface area contributed by atoms with Crippen molar-refractivity contribution in [2.24, 2.45) is 5.41 Å². The Hall–Kier alpha value is -3.75. The van der Waals surface area contributed by atoms with E-state index in [-0.39, 0.29) is 28.9 Å². The molecule has 0 fully saturated rings. The fourth-order valence-electron chi connectivity index (χ4n) is 5.16. The van der Waals surface area contributed by atoms with Crippen LogP contribution in [-0.2, 0) is 15.8 Å². The smallest absolute Gasteiger partial charge is 0.416 e. The van der Waals surface area contributed by atoms with E-state index in [9.17, 15) is 22.8 Å². The Morgan fingerprint density at radius 2 is 1.78 bits per heavy atom. The summed E-state index contributed by atoms with van der Waals surface area (Å²) in [5.74, 6) is -0.734. The third-order valence-corrected chi connectivity index (χ3v) is 6.68. The van der Waals surface area contributed by atoms with Gasteiger partial charge in [-0.1, -0.05) is 32.0 Å². The molecule has 1 unspecified atom stereocenters. The summed E-state index contributed by atoms with van der Waals surface area (Å²) < 4.78 is 50.9. The molecular weight excluding hydrogens is 485 g/mol. The van der Waals surface area contributed by atoms with Crippen LogP contribution in [0.15, 0.2) is 65.0 Å². The maximum absolute atomic E-state index is 13.7. The number of ether oxygens (including phenoxy) is 2. The number of dihydropyridines is 1. The third kappa shape index (κ3) is 5.08. The number of allylic oxidation sites excluding steroid dienone is 3. The minimum Gasteiger partial charge on any atom is -0.493 e. The lowest BCUT2D eigenvalue weighted by molar-refractivity contribution is -0.137. The number of nitrogens with one attached hydrogen (secondary N) is 2. The number of amides is 1. The number of Topliss-reactive ketones (excluding diaryl/α,β-unsaturated/α-hetero) is 1. The van der Waals surface area contributed by atoms with E-state index >= 15 is 0 Å². The van der Waals surface area contributed by atoms with Gasteiger partial charge in [-0.15, -0.1) is 0 Å². The average Bonchev–Trinajstić information content (AvgIpc) is 2.81. The minimum atomic E-state index is -4.56. The van der Waals surface area contributed by atoms with E-state index in [4.69, 9.17) is 9.47 Å². The summed E-state index contributed by atoms with van der Waals surface area (Å²) in [6, 6.07) is 9.65. The normalized spacial score (nSPS) is 19.2. The van der Waals surface area contributed by atoms with Gasteiger partial charge in [0.25, 0.3) is 5.91 Å². The van der Waals surface area contributed by atoms with Crippen LogP contribution in [0.4, 0.5) is 18.9 Å². The Labute approximate surface area is 213 Å². The molecule has 1 aliphatic carbocycles. The summed E-state index contributed by atoms with van der Waals surface area (Å²) in [7, 11) is 2.97. The number of rotatable bonds is 5. The standard InChI is InChI=1S/C28H29F3N2O4/c1-15-22(26(35)33-17-9-6-8-16(12-17)28(29,30)31)23(18-10-7-11-21(36-4)25(18)37-5)24-19(32-15)13-27(2,3)14-20(24)34/h6-12,23,32H,13-14H2,1-5H3,(H,33,35). The van der Waals surface area contributed by atoms with Gasteiger partial charge in [0.1, 0.15) is 0 Å². The van der Waals surface area contributed by atoms with Gasteiger partial charge in [0.05, 0.1) is 25.7 Å².